The van der Waals surface area contributed by atoms with Crippen molar-refractivity contribution < 1.29 is 23.0 Å². The van der Waals surface area contributed by atoms with Gasteiger partial charge in [0.1, 0.15) is 24.0 Å². The summed E-state index contributed by atoms with van der Waals surface area (Å²) in [6, 6.07) is 20.2. The molecule has 7 heteroatoms. The Kier molecular flexibility index (Phi) is 7.12. The van der Waals surface area contributed by atoms with E-state index >= 15 is 0 Å². The number of aryl methyl sites for hydroxylation is 1. The van der Waals surface area contributed by atoms with Crippen molar-refractivity contribution in [3.63, 3.8) is 0 Å². The minimum absolute atomic E-state index is 0.134. The molecule has 4 aromatic rings. The fourth-order valence-corrected chi connectivity index (χ4v) is 4.09. The van der Waals surface area contributed by atoms with Gasteiger partial charge in [0.15, 0.2) is 0 Å². The van der Waals surface area contributed by atoms with E-state index in [4.69, 9.17) is 9.47 Å². The molecule has 0 bridgehead atoms. The van der Waals surface area contributed by atoms with Crippen molar-refractivity contribution in [3.8, 4) is 22.7 Å². The van der Waals surface area contributed by atoms with E-state index in [0.717, 1.165) is 27.1 Å². The molecular weight excluding hydrogens is 504 g/mol. The number of hydrogen-bond acceptors (Lipinski definition) is 3. The van der Waals surface area contributed by atoms with Crippen molar-refractivity contribution in [2.24, 2.45) is 0 Å². The van der Waals surface area contributed by atoms with E-state index in [1.165, 1.54) is 18.2 Å². The molecule has 4 nitrogen and oxygen atoms in total. The van der Waals surface area contributed by atoms with Crippen LogP contribution in [0.4, 0.5) is 8.78 Å². The Morgan fingerprint density at radius 1 is 0.971 bits per heavy atom. The van der Waals surface area contributed by atoms with Crippen LogP contribution in [-0.2, 0) is 11.3 Å². The summed E-state index contributed by atoms with van der Waals surface area (Å²) in [7, 11) is 0. The van der Waals surface area contributed by atoms with Crippen LogP contribution in [0.5, 0.6) is 5.75 Å². The lowest BCUT2D eigenvalue weighted by molar-refractivity contribution is 0.0526. The van der Waals surface area contributed by atoms with Crippen molar-refractivity contribution in [1.82, 2.24) is 4.57 Å². The third-order valence-corrected chi connectivity index (χ3v) is 5.84. The van der Waals surface area contributed by atoms with Crippen LogP contribution in [0.25, 0.3) is 16.9 Å². The van der Waals surface area contributed by atoms with E-state index in [1.807, 2.05) is 35.8 Å². The first kappa shape index (κ1) is 23.7. The monoisotopic (exact) mass is 525 g/mol. The minimum atomic E-state index is -0.659. The number of hydrogen-bond donors (Lipinski definition) is 0. The molecule has 4 rings (SSSR count). The number of ether oxygens (including phenoxy) is 2. The second-order valence-corrected chi connectivity index (χ2v) is 8.51. The molecule has 0 unspecified atom stereocenters. The van der Waals surface area contributed by atoms with Crippen LogP contribution < -0.4 is 4.74 Å². The number of rotatable bonds is 7. The minimum Gasteiger partial charge on any atom is -0.488 e. The summed E-state index contributed by atoms with van der Waals surface area (Å²) < 4.78 is 42.1. The smallest absolute Gasteiger partial charge is 0.338 e. The lowest BCUT2D eigenvalue weighted by atomic mass is 10.1. The molecule has 34 heavy (non-hydrogen) atoms. The van der Waals surface area contributed by atoms with Crippen LogP contribution in [0.3, 0.4) is 0 Å². The van der Waals surface area contributed by atoms with Crippen molar-refractivity contribution in [2.45, 2.75) is 20.5 Å². The summed E-state index contributed by atoms with van der Waals surface area (Å²) in [6.07, 6.45) is 0. The number of aromatic nitrogens is 1. The maximum Gasteiger partial charge on any atom is 0.338 e. The molecule has 0 saturated heterocycles. The Morgan fingerprint density at radius 2 is 1.71 bits per heavy atom. The normalized spacial score (nSPS) is 10.9. The fourth-order valence-electron chi connectivity index (χ4n) is 3.73. The van der Waals surface area contributed by atoms with Gasteiger partial charge in [0, 0.05) is 21.4 Å². The maximum absolute atomic E-state index is 14.1. The van der Waals surface area contributed by atoms with Gasteiger partial charge in [0.05, 0.1) is 23.4 Å². The average Bonchev–Trinajstić information content (AvgIpc) is 3.21. The number of carbonyl (C=O) groups excluding carboxylic acids is 1. The third kappa shape index (κ3) is 4.89. The number of nitrogens with zero attached hydrogens (tertiary/aromatic N) is 1. The van der Waals surface area contributed by atoms with E-state index in [-0.39, 0.29) is 18.8 Å². The first-order valence-corrected chi connectivity index (χ1v) is 11.5. The zero-order valence-electron chi connectivity index (χ0n) is 18.6. The molecule has 0 fully saturated rings. The first-order chi connectivity index (χ1) is 16.4. The molecule has 0 saturated carbocycles. The summed E-state index contributed by atoms with van der Waals surface area (Å²) in [5.41, 5.74) is 3.53. The van der Waals surface area contributed by atoms with Crippen LogP contribution in [0.2, 0.25) is 0 Å². The fraction of sp³-hybridized carbons (Fsp3) is 0.148. The van der Waals surface area contributed by atoms with E-state index in [9.17, 15) is 13.6 Å². The lowest BCUT2D eigenvalue weighted by Gasteiger charge is -2.17. The second-order valence-electron chi connectivity index (χ2n) is 7.60. The van der Waals surface area contributed by atoms with E-state index in [2.05, 4.69) is 15.9 Å². The van der Waals surface area contributed by atoms with Crippen molar-refractivity contribution in [2.75, 3.05) is 6.61 Å². The van der Waals surface area contributed by atoms with Crippen LogP contribution in [0.1, 0.15) is 28.5 Å². The lowest BCUT2D eigenvalue weighted by Crippen LogP contribution is -2.07. The molecule has 0 amide bonds. The molecule has 174 valence electrons. The van der Waals surface area contributed by atoms with Gasteiger partial charge in [-0.2, -0.15) is 0 Å². The zero-order chi connectivity index (χ0) is 24.2. The van der Waals surface area contributed by atoms with Crippen molar-refractivity contribution in [1.29, 1.82) is 0 Å². The average molecular weight is 526 g/mol. The molecule has 1 heterocycles. The van der Waals surface area contributed by atoms with Gasteiger partial charge in [-0.25, -0.2) is 13.6 Å². The molecule has 0 N–H and O–H groups in total. The summed E-state index contributed by atoms with van der Waals surface area (Å²) in [6.45, 7) is 3.75. The van der Waals surface area contributed by atoms with Gasteiger partial charge >= 0.3 is 5.97 Å². The standard InChI is InChI=1S/C27H22BrF2NO3/c1-3-33-27(32)18-6-4-7-20(14-18)31-17(2)10-12-25(31)21-15-19(28)11-13-26(21)34-16-22-23(29)8-5-9-24(22)30/h4-15H,3,16H2,1-2H3. The Bertz CT molecular complexity index is 1330. The van der Waals surface area contributed by atoms with Gasteiger partial charge in [0.25, 0.3) is 0 Å². The quantitative estimate of drug-likeness (QED) is 0.238. The largest absolute Gasteiger partial charge is 0.488 e. The third-order valence-electron chi connectivity index (χ3n) is 5.34. The molecule has 3 aromatic carbocycles. The highest BCUT2D eigenvalue weighted by atomic mass is 79.9. The van der Waals surface area contributed by atoms with Gasteiger partial charge in [-0.1, -0.05) is 28.1 Å². The van der Waals surface area contributed by atoms with Crippen molar-refractivity contribution in [3.05, 3.63) is 106 Å². The topological polar surface area (TPSA) is 40.5 Å². The molecule has 0 atom stereocenters. The number of carbonyl (C=O) groups is 1. The highest BCUT2D eigenvalue weighted by molar-refractivity contribution is 9.10. The summed E-state index contributed by atoms with van der Waals surface area (Å²) in [5.74, 6) is -1.25. The van der Waals surface area contributed by atoms with Gasteiger partial charge in [-0.3, -0.25) is 0 Å². The Labute approximate surface area is 204 Å². The summed E-state index contributed by atoms with van der Waals surface area (Å²) in [4.78, 5) is 12.3. The van der Waals surface area contributed by atoms with Crippen LogP contribution in [-0.4, -0.2) is 17.1 Å². The summed E-state index contributed by atoms with van der Waals surface area (Å²) in [5, 5.41) is 0. The van der Waals surface area contributed by atoms with E-state index < -0.39 is 17.6 Å². The van der Waals surface area contributed by atoms with Crippen LogP contribution in [0.15, 0.2) is 77.3 Å². The zero-order valence-corrected chi connectivity index (χ0v) is 20.2. The molecule has 0 aliphatic heterocycles. The van der Waals surface area contributed by atoms with Crippen molar-refractivity contribution >= 4 is 21.9 Å². The highest BCUT2D eigenvalue weighted by Gasteiger charge is 2.17. The second kappa shape index (κ2) is 10.2. The highest BCUT2D eigenvalue weighted by Crippen LogP contribution is 2.36. The Hall–Kier alpha value is -3.45. The van der Waals surface area contributed by atoms with Gasteiger partial charge < -0.3 is 14.0 Å². The predicted molar refractivity (Wildman–Crippen MR) is 130 cm³/mol. The Morgan fingerprint density at radius 3 is 2.44 bits per heavy atom. The number of benzene rings is 3. The molecule has 0 aliphatic rings. The summed E-state index contributed by atoms with van der Waals surface area (Å²) >= 11 is 3.50. The molecule has 0 radical (unpaired) electrons. The number of esters is 1. The molecule has 0 aliphatic carbocycles. The van der Waals surface area contributed by atoms with Crippen LogP contribution >= 0.6 is 15.9 Å². The SMILES string of the molecule is CCOC(=O)c1cccc(-n2c(C)ccc2-c2cc(Br)ccc2OCc2c(F)cccc2F)c1. The van der Waals surface area contributed by atoms with E-state index in [1.54, 1.807) is 37.3 Å². The van der Waals surface area contributed by atoms with Gasteiger partial charge in [-0.05, 0) is 74.5 Å². The van der Waals surface area contributed by atoms with Gasteiger partial charge in [-0.15, -0.1) is 0 Å². The van der Waals surface area contributed by atoms with Crippen LogP contribution in [0, 0.1) is 18.6 Å². The first-order valence-electron chi connectivity index (χ1n) is 10.7. The molecule has 1 aromatic heterocycles. The number of halogens is 3. The molecular formula is C27H22BrF2NO3. The predicted octanol–water partition coefficient (Wildman–Crippen LogP) is 7.25. The van der Waals surface area contributed by atoms with E-state index in [0.29, 0.717) is 11.3 Å². The Balaban J connectivity index is 1.75. The molecule has 0 spiro atoms. The van der Waals surface area contributed by atoms with Gasteiger partial charge in [0.2, 0.25) is 0 Å². The maximum atomic E-state index is 14.1.